The lowest BCUT2D eigenvalue weighted by Crippen LogP contribution is -2.44. The smallest absolute Gasteiger partial charge is 0.248 e. The van der Waals surface area contributed by atoms with Gasteiger partial charge >= 0.3 is 0 Å². The van der Waals surface area contributed by atoms with Crippen LogP contribution < -0.4 is 11.1 Å². The summed E-state index contributed by atoms with van der Waals surface area (Å²) in [6.07, 6.45) is 4.83. The van der Waals surface area contributed by atoms with Crippen LogP contribution in [0.15, 0.2) is 18.2 Å². The molecule has 1 aromatic carbocycles. The molecule has 0 spiro atoms. The number of rotatable bonds is 3. The third-order valence-electron chi connectivity index (χ3n) is 4.71. The Bertz CT molecular complexity index is 520. The van der Waals surface area contributed by atoms with Crippen LogP contribution in [0.2, 0.25) is 5.02 Å². The van der Waals surface area contributed by atoms with Gasteiger partial charge in [-0.2, -0.15) is 0 Å². The molecule has 2 unspecified atom stereocenters. The molecule has 2 saturated heterocycles. The second-order valence-electron chi connectivity index (χ2n) is 5.92. The summed E-state index contributed by atoms with van der Waals surface area (Å²) in [6, 6.07) is 6.91. The Morgan fingerprint density at radius 1 is 1.35 bits per heavy atom. The lowest BCUT2D eigenvalue weighted by Gasteiger charge is -2.37. The van der Waals surface area contributed by atoms with Crippen molar-refractivity contribution in [3.05, 3.63) is 28.8 Å². The summed E-state index contributed by atoms with van der Waals surface area (Å²) in [7, 11) is 2.22. The Morgan fingerprint density at radius 2 is 2.00 bits per heavy atom. The summed E-state index contributed by atoms with van der Waals surface area (Å²) in [5, 5.41) is 4.14. The fourth-order valence-electron chi connectivity index (χ4n) is 3.54. The van der Waals surface area contributed by atoms with E-state index in [1.54, 1.807) is 18.2 Å². The predicted molar refractivity (Wildman–Crippen MR) is 81.2 cm³/mol. The number of amides is 1. The van der Waals surface area contributed by atoms with E-state index in [4.69, 9.17) is 17.3 Å². The van der Waals surface area contributed by atoms with E-state index >= 15 is 0 Å². The zero-order valence-corrected chi connectivity index (χ0v) is 12.4. The normalized spacial score (nSPS) is 29.4. The van der Waals surface area contributed by atoms with Crippen molar-refractivity contribution in [2.75, 3.05) is 12.4 Å². The standard InChI is InChI=1S/C15H20ClN3O/c1-19-11-3-4-12(19)8-10(7-11)18-14-6-9(15(17)20)2-5-13(14)16/h2,5-6,10-12,18H,3-4,7-8H2,1H3,(H2,17,20). The topological polar surface area (TPSA) is 58.4 Å². The highest BCUT2D eigenvalue weighted by molar-refractivity contribution is 6.33. The van der Waals surface area contributed by atoms with E-state index in [1.165, 1.54) is 12.8 Å². The molecule has 108 valence electrons. The van der Waals surface area contributed by atoms with E-state index in [0.29, 0.717) is 28.7 Å². The molecule has 2 fully saturated rings. The molecular weight excluding hydrogens is 274 g/mol. The highest BCUT2D eigenvalue weighted by atomic mass is 35.5. The van der Waals surface area contributed by atoms with Gasteiger partial charge < -0.3 is 16.0 Å². The number of piperidine rings is 1. The first-order chi connectivity index (χ1) is 9.54. The van der Waals surface area contributed by atoms with Gasteiger partial charge in [0.05, 0.1) is 10.7 Å². The zero-order valence-electron chi connectivity index (χ0n) is 11.6. The molecule has 5 heteroatoms. The van der Waals surface area contributed by atoms with Crippen LogP contribution in [0.4, 0.5) is 5.69 Å². The van der Waals surface area contributed by atoms with Crippen molar-refractivity contribution in [3.63, 3.8) is 0 Å². The Balaban J connectivity index is 1.75. The summed E-state index contributed by atoms with van der Waals surface area (Å²) in [6.45, 7) is 0. The molecule has 0 aromatic heterocycles. The van der Waals surface area contributed by atoms with Crippen LogP contribution >= 0.6 is 11.6 Å². The number of hydrogen-bond acceptors (Lipinski definition) is 3. The highest BCUT2D eigenvalue weighted by Gasteiger charge is 2.38. The molecule has 2 aliphatic rings. The third-order valence-corrected chi connectivity index (χ3v) is 5.04. The van der Waals surface area contributed by atoms with Crippen LogP contribution in [0.1, 0.15) is 36.0 Å². The number of halogens is 1. The van der Waals surface area contributed by atoms with Crippen molar-refractivity contribution < 1.29 is 4.79 Å². The van der Waals surface area contributed by atoms with Crippen molar-refractivity contribution in [2.45, 2.75) is 43.8 Å². The molecule has 2 atom stereocenters. The van der Waals surface area contributed by atoms with Crippen LogP contribution in [0.3, 0.4) is 0 Å². The minimum absolute atomic E-state index is 0.421. The van der Waals surface area contributed by atoms with Gasteiger partial charge in [-0.05, 0) is 50.9 Å². The minimum Gasteiger partial charge on any atom is -0.381 e. The predicted octanol–water partition coefficient (Wildman–Crippen LogP) is 2.48. The number of nitrogens with zero attached hydrogens (tertiary/aromatic N) is 1. The van der Waals surface area contributed by atoms with Gasteiger partial charge in [-0.1, -0.05) is 11.6 Å². The van der Waals surface area contributed by atoms with E-state index in [9.17, 15) is 4.79 Å². The molecular formula is C15H20ClN3O. The minimum atomic E-state index is -0.423. The van der Waals surface area contributed by atoms with Gasteiger partial charge in [0, 0.05) is 23.7 Å². The largest absolute Gasteiger partial charge is 0.381 e. The van der Waals surface area contributed by atoms with Gasteiger partial charge in [0.1, 0.15) is 0 Å². The number of nitrogens with one attached hydrogen (secondary N) is 1. The van der Waals surface area contributed by atoms with Gasteiger partial charge in [0.15, 0.2) is 0 Å². The number of carbonyl (C=O) groups is 1. The van der Waals surface area contributed by atoms with Crippen molar-refractivity contribution in [1.82, 2.24) is 4.90 Å². The maximum absolute atomic E-state index is 11.3. The van der Waals surface area contributed by atoms with Gasteiger partial charge in [-0.3, -0.25) is 4.79 Å². The quantitative estimate of drug-likeness (QED) is 0.900. The molecule has 0 aliphatic carbocycles. The number of hydrogen-bond donors (Lipinski definition) is 2. The lowest BCUT2D eigenvalue weighted by molar-refractivity contribution is 0.100. The van der Waals surface area contributed by atoms with E-state index in [0.717, 1.165) is 18.5 Å². The number of carbonyl (C=O) groups excluding carboxylic acids is 1. The Hall–Kier alpha value is -1.26. The number of fused-ring (bicyclic) bond motifs is 2. The Morgan fingerprint density at radius 3 is 2.60 bits per heavy atom. The Kier molecular flexibility index (Phi) is 3.61. The van der Waals surface area contributed by atoms with E-state index < -0.39 is 5.91 Å². The third kappa shape index (κ3) is 2.50. The van der Waals surface area contributed by atoms with E-state index in [1.807, 2.05) is 0 Å². The first-order valence-corrected chi connectivity index (χ1v) is 7.50. The number of benzene rings is 1. The first-order valence-electron chi connectivity index (χ1n) is 7.12. The molecule has 0 saturated carbocycles. The zero-order chi connectivity index (χ0) is 14.3. The second-order valence-corrected chi connectivity index (χ2v) is 6.33. The molecule has 0 radical (unpaired) electrons. The molecule has 4 nitrogen and oxygen atoms in total. The molecule has 1 amide bonds. The van der Waals surface area contributed by atoms with E-state index in [2.05, 4.69) is 17.3 Å². The van der Waals surface area contributed by atoms with Crippen molar-refractivity contribution in [1.29, 1.82) is 0 Å². The molecule has 20 heavy (non-hydrogen) atoms. The first kappa shape index (κ1) is 13.7. The molecule has 2 aliphatic heterocycles. The van der Waals surface area contributed by atoms with Crippen molar-refractivity contribution >= 4 is 23.2 Å². The summed E-state index contributed by atoms with van der Waals surface area (Å²) in [4.78, 5) is 13.8. The van der Waals surface area contributed by atoms with Gasteiger partial charge in [0.2, 0.25) is 5.91 Å². The monoisotopic (exact) mass is 293 g/mol. The fourth-order valence-corrected chi connectivity index (χ4v) is 3.71. The second kappa shape index (κ2) is 5.26. The van der Waals surface area contributed by atoms with Crippen LogP contribution in [-0.2, 0) is 0 Å². The fraction of sp³-hybridized carbons (Fsp3) is 0.533. The van der Waals surface area contributed by atoms with Gasteiger partial charge in [0.25, 0.3) is 0 Å². The van der Waals surface area contributed by atoms with Crippen LogP contribution in [-0.4, -0.2) is 36.0 Å². The number of primary amides is 1. The van der Waals surface area contributed by atoms with Crippen LogP contribution in [0.5, 0.6) is 0 Å². The average molecular weight is 294 g/mol. The molecule has 2 heterocycles. The lowest BCUT2D eigenvalue weighted by atomic mass is 9.97. The number of nitrogens with two attached hydrogens (primary N) is 1. The maximum atomic E-state index is 11.3. The molecule has 3 rings (SSSR count). The molecule has 2 bridgehead atoms. The summed E-state index contributed by atoms with van der Waals surface area (Å²) in [5.74, 6) is -0.423. The maximum Gasteiger partial charge on any atom is 0.248 e. The molecule has 1 aromatic rings. The van der Waals surface area contributed by atoms with Crippen molar-refractivity contribution in [2.24, 2.45) is 5.73 Å². The van der Waals surface area contributed by atoms with Gasteiger partial charge in [-0.15, -0.1) is 0 Å². The van der Waals surface area contributed by atoms with Crippen LogP contribution in [0, 0.1) is 0 Å². The van der Waals surface area contributed by atoms with Crippen LogP contribution in [0.25, 0.3) is 0 Å². The summed E-state index contributed by atoms with van der Waals surface area (Å²) in [5.41, 5.74) is 6.63. The molecule has 3 N–H and O–H groups in total. The summed E-state index contributed by atoms with van der Waals surface area (Å²) < 4.78 is 0. The Labute approximate surface area is 124 Å². The van der Waals surface area contributed by atoms with E-state index in [-0.39, 0.29) is 0 Å². The highest BCUT2D eigenvalue weighted by Crippen LogP contribution is 2.36. The SMILES string of the molecule is CN1C2CCC1CC(Nc1cc(C(N)=O)ccc1Cl)C2. The van der Waals surface area contributed by atoms with Crippen molar-refractivity contribution in [3.8, 4) is 0 Å². The summed E-state index contributed by atoms with van der Waals surface area (Å²) >= 11 is 6.21. The average Bonchev–Trinajstić information content (AvgIpc) is 2.64. The number of anilines is 1. The van der Waals surface area contributed by atoms with Gasteiger partial charge in [-0.25, -0.2) is 0 Å².